The van der Waals surface area contributed by atoms with Gasteiger partial charge in [-0.3, -0.25) is 9.79 Å². The number of primary amides is 1. The van der Waals surface area contributed by atoms with E-state index in [2.05, 4.69) is 22.1 Å². The lowest BCUT2D eigenvalue weighted by atomic mass is 10.3. The van der Waals surface area contributed by atoms with Crippen molar-refractivity contribution in [2.45, 2.75) is 26.3 Å². The molecule has 0 aliphatic carbocycles. The van der Waals surface area contributed by atoms with Crippen LogP contribution in [0.4, 0.5) is 0 Å². The molecule has 0 atom stereocenters. The maximum Gasteiger partial charge on any atom is 0.284 e. The smallest absolute Gasteiger partial charge is 0.284 e. The molecular formula is C13H22N4O2. The molecule has 0 radical (unpaired) electrons. The average Bonchev–Trinajstić information content (AvgIpc) is 2.86. The van der Waals surface area contributed by atoms with Gasteiger partial charge in [-0.25, -0.2) is 0 Å². The quantitative estimate of drug-likeness (QED) is 0.598. The highest BCUT2D eigenvalue weighted by Gasteiger charge is 2.09. The molecule has 1 aromatic rings. The van der Waals surface area contributed by atoms with Gasteiger partial charge in [0, 0.05) is 20.6 Å². The van der Waals surface area contributed by atoms with Gasteiger partial charge in [-0.05, 0) is 18.6 Å². The SMILES string of the molecule is CCCCN(C)C(=NC)NCc1ccc(C(N)=O)o1. The normalized spacial score (nSPS) is 11.4. The third-order valence-corrected chi connectivity index (χ3v) is 2.75. The van der Waals surface area contributed by atoms with Gasteiger partial charge in [0.15, 0.2) is 11.7 Å². The predicted molar refractivity (Wildman–Crippen MR) is 75.0 cm³/mol. The molecule has 1 amide bonds. The van der Waals surface area contributed by atoms with Crippen LogP contribution in [-0.2, 0) is 6.54 Å². The van der Waals surface area contributed by atoms with E-state index in [-0.39, 0.29) is 5.76 Å². The summed E-state index contributed by atoms with van der Waals surface area (Å²) in [6, 6.07) is 3.30. The summed E-state index contributed by atoms with van der Waals surface area (Å²) in [6.45, 7) is 3.57. The highest BCUT2D eigenvalue weighted by atomic mass is 16.3. The van der Waals surface area contributed by atoms with Crippen molar-refractivity contribution in [2.24, 2.45) is 10.7 Å². The van der Waals surface area contributed by atoms with Crippen LogP contribution in [-0.4, -0.2) is 37.4 Å². The van der Waals surface area contributed by atoms with Crippen molar-refractivity contribution >= 4 is 11.9 Å². The number of guanidine groups is 1. The molecule has 6 nitrogen and oxygen atoms in total. The van der Waals surface area contributed by atoms with Gasteiger partial charge in [0.25, 0.3) is 5.91 Å². The monoisotopic (exact) mass is 266 g/mol. The highest BCUT2D eigenvalue weighted by Crippen LogP contribution is 2.06. The maximum absolute atomic E-state index is 10.9. The minimum Gasteiger partial charge on any atom is -0.454 e. The lowest BCUT2D eigenvalue weighted by Crippen LogP contribution is -2.38. The van der Waals surface area contributed by atoms with Crippen molar-refractivity contribution in [3.8, 4) is 0 Å². The molecule has 0 spiro atoms. The van der Waals surface area contributed by atoms with Crippen LogP contribution in [0.3, 0.4) is 0 Å². The summed E-state index contributed by atoms with van der Waals surface area (Å²) in [5.74, 6) is 1.06. The molecule has 0 bridgehead atoms. The molecule has 0 aliphatic rings. The van der Waals surface area contributed by atoms with Crippen molar-refractivity contribution < 1.29 is 9.21 Å². The van der Waals surface area contributed by atoms with E-state index in [0.717, 1.165) is 25.3 Å². The Bertz CT molecular complexity index is 440. The van der Waals surface area contributed by atoms with Crippen LogP contribution >= 0.6 is 0 Å². The standard InChI is InChI=1S/C13H22N4O2/c1-4-5-8-17(3)13(15-2)16-9-10-6-7-11(19-10)12(14)18/h6-7H,4-5,8-9H2,1-3H3,(H2,14,18)(H,15,16). The number of rotatable bonds is 6. The highest BCUT2D eigenvalue weighted by molar-refractivity contribution is 5.89. The second-order valence-electron chi connectivity index (χ2n) is 4.31. The van der Waals surface area contributed by atoms with Crippen LogP contribution in [0.15, 0.2) is 21.5 Å². The molecule has 6 heteroatoms. The summed E-state index contributed by atoms with van der Waals surface area (Å²) < 4.78 is 5.29. The van der Waals surface area contributed by atoms with Gasteiger partial charge in [-0.2, -0.15) is 0 Å². The number of aliphatic imine (C=N–C) groups is 1. The molecule has 0 saturated heterocycles. The van der Waals surface area contributed by atoms with Gasteiger partial charge < -0.3 is 20.4 Å². The van der Waals surface area contributed by atoms with E-state index >= 15 is 0 Å². The molecule has 1 aromatic heterocycles. The number of hydrogen-bond donors (Lipinski definition) is 2. The zero-order valence-electron chi connectivity index (χ0n) is 11.8. The van der Waals surface area contributed by atoms with Crippen molar-refractivity contribution in [1.29, 1.82) is 0 Å². The number of carbonyl (C=O) groups excluding carboxylic acids is 1. The minimum absolute atomic E-state index is 0.172. The zero-order chi connectivity index (χ0) is 14.3. The van der Waals surface area contributed by atoms with Crippen molar-refractivity contribution in [1.82, 2.24) is 10.2 Å². The summed E-state index contributed by atoms with van der Waals surface area (Å²) in [5.41, 5.74) is 5.13. The Balaban J connectivity index is 2.50. The van der Waals surface area contributed by atoms with E-state index in [9.17, 15) is 4.79 Å². The van der Waals surface area contributed by atoms with E-state index in [1.54, 1.807) is 19.2 Å². The number of nitrogens with zero attached hydrogens (tertiary/aromatic N) is 2. The molecular weight excluding hydrogens is 244 g/mol. The lowest BCUT2D eigenvalue weighted by Gasteiger charge is -2.21. The first kappa shape index (κ1) is 15.1. The van der Waals surface area contributed by atoms with Crippen LogP contribution in [0, 0.1) is 0 Å². The Morgan fingerprint density at radius 1 is 1.53 bits per heavy atom. The van der Waals surface area contributed by atoms with E-state index in [1.807, 2.05) is 7.05 Å². The summed E-state index contributed by atoms with van der Waals surface area (Å²) in [4.78, 5) is 17.2. The number of nitrogens with two attached hydrogens (primary N) is 1. The zero-order valence-corrected chi connectivity index (χ0v) is 11.8. The van der Waals surface area contributed by atoms with E-state index < -0.39 is 5.91 Å². The second-order valence-corrected chi connectivity index (χ2v) is 4.31. The van der Waals surface area contributed by atoms with E-state index in [0.29, 0.717) is 12.3 Å². The van der Waals surface area contributed by atoms with Gasteiger partial charge in [-0.15, -0.1) is 0 Å². The second kappa shape index (κ2) is 7.45. The Morgan fingerprint density at radius 3 is 2.79 bits per heavy atom. The molecule has 0 saturated carbocycles. The summed E-state index contributed by atoms with van der Waals surface area (Å²) >= 11 is 0. The van der Waals surface area contributed by atoms with Crippen LogP contribution in [0.25, 0.3) is 0 Å². The third-order valence-electron chi connectivity index (χ3n) is 2.75. The Labute approximate surface area is 113 Å². The molecule has 19 heavy (non-hydrogen) atoms. The van der Waals surface area contributed by atoms with Gasteiger partial charge in [0.05, 0.1) is 6.54 Å². The fourth-order valence-corrected chi connectivity index (χ4v) is 1.66. The first-order chi connectivity index (χ1) is 9.08. The van der Waals surface area contributed by atoms with Crippen molar-refractivity contribution in [3.63, 3.8) is 0 Å². The minimum atomic E-state index is -0.560. The molecule has 1 heterocycles. The van der Waals surface area contributed by atoms with Crippen LogP contribution < -0.4 is 11.1 Å². The fourth-order valence-electron chi connectivity index (χ4n) is 1.66. The van der Waals surface area contributed by atoms with E-state index in [1.165, 1.54) is 0 Å². The lowest BCUT2D eigenvalue weighted by molar-refractivity contribution is 0.0972. The number of hydrogen-bond acceptors (Lipinski definition) is 3. The van der Waals surface area contributed by atoms with Gasteiger partial charge >= 0.3 is 0 Å². The molecule has 0 fully saturated rings. The molecule has 3 N–H and O–H groups in total. The van der Waals surface area contributed by atoms with Gasteiger partial charge in [-0.1, -0.05) is 13.3 Å². The van der Waals surface area contributed by atoms with Gasteiger partial charge in [0.1, 0.15) is 5.76 Å². The number of furan rings is 1. The van der Waals surface area contributed by atoms with Gasteiger partial charge in [0.2, 0.25) is 0 Å². The maximum atomic E-state index is 10.9. The first-order valence-corrected chi connectivity index (χ1v) is 6.38. The van der Waals surface area contributed by atoms with Crippen LogP contribution in [0.5, 0.6) is 0 Å². The number of nitrogens with one attached hydrogen (secondary N) is 1. The number of unbranched alkanes of at least 4 members (excludes halogenated alkanes) is 1. The molecule has 1 rings (SSSR count). The molecule has 0 aromatic carbocycles. The van der Waals surface area contributed by atoms with Crippen LogP contribution in [0.1, 0.15) is 36.1 Å². The Kier molecular flexibility index (Phi) is 5.92. The predicted octanol–water partition coefficient (Wildman–Crippen LogP) is 1.19. The number of amides is 1. The van der Waals surface area contributed by atoms with Crippen LogP contribution in [0.2, 0.25) is 0 Å². The molecule has 0 aliphatic heterocycles. The Hall–Kier alpha value is -1.98. The Morgan fingerprint density at radius 2 is 2.26 bits per heavy atom. The summed E-state index contributed by atoms with van der Waals surface area (Å²) in [5, 5.41) is 3.18. The van der Waals surface area contributed by atoms with E-state index in [4.69, 9.17) is 10.2 Å². The van der Waals surface area contributed by atoms with Crippen molar-refractivity contribution in [2.75, 3.05) is 20.6 Å². The topological polar surface area (TPSA) is 83.9 Å². The summed E-state index contributed by atoms with van der Waals surface area (Å²) in [6.07, 6.45) is 2.26. The number of carbonyl (C=O) groups is 1. The largest absolute Gasteiger partial charge is 0.454 e. The summed E-state index contributed by atoms with van der Waals surface area (Å²) in [7, 11) is 3.73. The van der Waals surface area contributed by atoms with Crippen molar-refractivity contribution in [3.05, 3.63) is 23.7 Å². The first-order valence-electron chi connectivity index (χ1n) is 6.38. The molecule has 106 valence electrons. The molecule has 0 unspecified atom stereocenters. The third kappa shape index (κ3) is 4.65. The average molecular weight is 266 g/mol. The fraction of sp³-hybridized carbons (Fsp3) is 0.538.